The van der Waals surface area contributed by atoms with E-state index in [9.17, 15) is 18.0 Å². The third-order valence-electron chi connectivity index (χ3n) is 6.93. The molecule has 9 nitrogen and oxygen atoms in total. The molecular weight excluding hydrogens is 554 g/mol. The number of sulfonamides is 1. The number of carbonyl (C=O) groups excluding carboxylic acids is 2. The van der Waals surface area contributed by atoms with Crippen LogP contribution in [0.2, 0.25) is 0 Å². The van der Waals surface area contributed by atoms with E-state index >= 15 is 0 Å². The van der Waals surface area contributed by atoms with E-state index in [0.29, 0.717) is 30.2 Å². The molecule has 0 aliphatic rings. The largest absolute Gasteiger partial charge is 0.497 e. The van der Waals surface area contributed by atoms with Gasteiger partial charge in [-0.2, -0.15) is 0 Å². The number of methoxy groups -OCH3 is 1. The third kappa shape index (κ3) is 9.24. The molecule has 3 aromatic rings. The van der Waals surface area contributed by atoms with Crippen LogP contribution in [0.1, 0.15) is 44.7 Å². The summed E-state index contributed by atoms with van der Waals surface area (Å²) < 4.78 is 38.0. The van der Waals surface area contributed by atoms with Crippen LogP contribution in [-0.4, -0.2) is 57.1 Å². The fraction of sp³-hybridized carbons (Fsp3) is 0.375. The number of rotatable bonds is 15. The van der Waals surface area contributed by atoms with Crippen molar-refractivity contribution in [3.05, 3.63) is 90.0 Å². The minimum absolute atomic E-state index is 0.0736. The fourth-order valence-electron chi connectivity index (χ4n) is 4.39. The molecule has 2 amide bonds. The second-order valence-corrected chi connectivity index (χ2v) is 12.1. The number of ether oxygens (including phenoxy) is 2. The number of amides is 2. The van der Waals surface area contributed by atoms with E-state index in [-0.39, 0.29) is 18.5 Å². The number of anilines is 1. The van der Waals surface area contributed by atoms with E-state index < -0.39 is 28.5 Å². The molecule has 42 heavy (non-hydrogen) atoms. The summed E-state index contributed by atoms with van der Waals surface area (Å²) in [5.74, 6) is 0.395. The standard InChI is InChI=1S/C32H41N3O6S/c1-6-24(3)33-32(37)30(7-2)34(21-26-14-11-15-29(20-26)40-4)31(36)22-35(42(5,38)39)27-16-18-28(19-17-27)41-23-25-12-9-8-10-13-25/h8-20,24,30H,6-7,21-23H2,1-5H3,(H,33,37)/t24-,30+/m1/s1. The summed E-state index contributed by atoms with van der Waals surface area (Å²) in [6, 6.07) is 22.6. The Morgan fingerprint density at radius 3 is 2.14 bits per heavy atom. The first-order chi connectivity index (χ1) is 20.0. The van der Waals surface area contributed by atoms with Gasteiger partial charge in [-0.25, -0.2) is 8.42 Å². The Kier molecular flexibility index (Phi) is 11.8. The van der Waals surface area contributed by atoms with Gasteiger partial charge in [-0.3, -0.25) is 13.9 Å². The normalized spacial score (nSPS) is 12.6. The van der Waals surface area contributed by atoms with Gasteiger partial charge < -0.3 is 19.7 Å². The minimum atomic E-state index is -3.85. The van der Waals surface area contributed by atoms with Crippen molar-refractivity contribution in [3.63, 3.8) is 0 Å². The van der Waals surface area contributed by atoms with Gasteiger partial charge >= 0.3 is 0 Å². The Balaban J connectivity index is 1.87. The van der Waals surface area contributed by atoms with Crippen molar-refractivity contribution in [3.8, 4) is 11.5 Å². The molecule has 0 saturated heterocycles. The van der Waals surface area contributed by atoms with E-state index in [1.54, 1.807) is 49.6 Å². The van der Waals surface area contributed by atoms with Crippen LogP contribution >= 0.6 is 0 Å². The molecule has 3 rings (SSSR count). The lowest BCUT2D eigenvalue weighted by atomic mass is 10.1. The van der Waals surface area contributed by atoms with Gasteiger partial charge in [-0.15, -0.1) is 0 Å². The van der Waals surface area contributed by atoms with Crippen LogP contribution in [0, 0.1) is 0 Å². The molecule has 0 saturated carbocycles. The maximum absolute atomic E-state index is 13.9. The number of nitrogens with one attached hydrogen (secondary N) is 1. The summed E-state index contributed by atoms with van der Waals surface area (Å²) in [7, 11) is -2.30. The number of hydrogen-bond donors (Lipinski definition) is 1. The van der Waals surface area contributed by atoms with Crippen molar-refractivity contribution >= 4 is 27.5 Å². The van der Waals surface area contributed by atoms with Crippen molar-refractivity contribution in [1.82, 2.24) is 10.2 Å². The molecule has 2 atom stereocenters. The minimum Gasteiger partial charge on any atom is -0.497 e. The van der Waals surface area contributed by atoms with Crippen molar-refractivity contribution in [2.75, 3.05) is 24.2 Å². The van der Waals surface area contributed by atoms with Crippen molar-refractivity contribution in [2.24, 2.45) is 0 Å². The zero-order valence-electron chi connectivity index (χ0n) is 24.9. The molecule has 0 unspecified atom stereocenters. The van der Waals surface area contributed by atoms with Crippen LogP contribution in [0.25, 0.3) is 0 Å². The Hall–Kier alpha value is -4.05. The van der Waals surface area contributed by atoms with Crippen LogP contribution in [-0.2, 0) is 32.8 Å². The molecule has 0 aliphatic heterocycles. The summed E-state index contributed by atoms with van der Waals surface area (Å²) >= 11 is 0. The lowest BCUT2D eigenvalue weighted by Crippen LogP contribution is -2.53. The first-order valence-corrected chi connectivity index (χ1v) is 15.9. The van der Waals surface area contributed by atoms with Gasteiger partial charge in [0.15, 0.2) is 0 Å². The van der Waals surface area contributed by atoms with Crippen molar-refractivity contribution in [2.45, 2.75) is 58.8 Å². The van der Waals surface area contributed by atoms with E-state index in [4.69, 9.17) is 9.47 Å². The first-order valence-electron chi connectivity index (χ1n) is 14.0. The number of carbonyl (C=O) groups is 2. The Bertz CT molecular complexity index is 1410. The molecule has 0 radical (unpaired) electrons. The highest BCUT2D eigenvalue weighted by atomic mass is 32.2. The molecule has 0 bridgehead atoms. The topological polar surface area (TPSA) is 105 Å². The summed E-state index contributed by atoms with van der Waals surface area (Å²) in [5, 5.41) is 2.97. The Labute approximate surface area is 249 Å². The zero-order chi connectivity index (χ0) is 30.7. The predicted octanol–water partition coefficient (Wildman–Crippen LogP) is 4.76. The molecule has 3 aromatic carbocycles. The van der Waals surface area contributed by atoms with E-state index in [2.05, 4.69) is 5.32 Å². The highest BCUT2D eigenvalue weighted by Gasteiger charge is 2.32. The maximum Gasteiger partial charge on any atom is 0.244 e. The molecule has 1 N–H and O–H groups in total. The maximum atomic E-state index is 13.9. The Morgan fingerprint density at radius 1 is 0.881 bits per heavy atom. The molecule has 0 fully saturated rings. The van der Waals surface area contributed by atoms with Crippen LogP contribution in [0.3, 0.4) is 0 Å². The average Bonchev–Trinajstić information content (AvgIpc) is 2.98. The van der Waals surface area contributed by atoms with Crippen LogP contribution in [0.15, 0.2) is 78.9 Å². The van der Waals surface area contributed by atoms with Gasteiger partial charge in [0.2, 0.25) is 21.8 Å². The molecule has 0 spiro atoms. The molecular formula is C32H41N3O6S. The lowest BCUT2D eigenvalue weighted by molar-refractivity contribution is -0.140. The van der Waals surface area contributed by atoms with Gasteiger partial charge in [0.05, 0.1) is 19.1 Å². The van der Waals surface area contributed by atoms with Gasteiger partial charge in [0.1, 0.15) is 30.7 Å². The summed E-state index contributed by atoms with van der Waals surface area (Å²) in [4.78, 5) is 28.6. The third-order valence-corrected chi connectivity index (χ3v) is 8.07. The van der Waals surface area contributed by atoms with Crippen molar-refractivity contribution < 1.29 is 27.5 Å². The molecule has 10 heteroatoms. The molecule has 0 aromatic heterocycles. The number of hydrogen-bond acceptors (Lipinski definition) is 6. The molecule has 226 valence electrons. The molecule has 0 aliphatic carbocycles. The van der Waals surface area contributed by atoms with Crippen molar-refractivity contribution in [1.29, 1.82) is 0 Å². The van der Waals surface area contributed by atoms with Gasteiger partial charge in [-0.1, -0.05) is 56.3 Å². The van der Waals surface area contributed by atoms with Crippen LogP contribution in [0.4, 0.5) is 5.69 Å². The second kappa shape index (κ2) is 15.3. The van der Waals surface area contributed by atoms with E-state index in [1.165, 1.54) is 4.90 Å². The monoisotopic (exact) mass is 595 g/mol. The predicted molar refractivity (Wildman–Crippen MR) is 165 cm³/mol. The van der Waals surface area contributed by atoms with E-state index in [0.717, 1.165) is 28.1 Å². The number of benzene rings is 3. The smallest absolute Gasteiger partial charge is 0.244 e. The van der Waals surface area contributed by atoms with Crippen LogP contribution in [0.5, 0.6) is 11.5 Å². The highest BCUT2D eigenvalue weighted by molar-refractivity contribution is 7.92. The molecule has 0 heterocycles. The second-order valence-electron chi connectivity index (χ2n) is 10.2. The van der Waals surface area contributed by atoms with Gasteiger partial charge in [0, 0.05) is 12.6 Å². The fourth-order valence-corrected chi connectivity index (χ4v) is 5.24. The lowest BCUT2D eigenvalue weighted by Gasteiger charge is -2.33. The number of nitrogens with zero attached hydrogens (tertiary/aromatic N) is 2. The van der Waals surface area contributed by atoms with E-state index in [1.807, 2.05) is 57.2 Å². The average molecular weight is 596 g/mol. The summed E-state index contributed by atoms with van der Waals surface area (Å²) in [6.45, 7) is 5.69. The first kappa shape index (κ1) is 32.5. The van der Waals surface area contributed by atoms with Gasteiger partial charge in [0.25, 0.3) is 0 Å². The van der Waals surface area contributed by atoms with Crippen LogP contribution < -0.4 is 19.1 Å². The summed E-state index contributed by atoms with van der Waals surface area (Å²) in [5.41, 5.74) is 2.07. The zero-order valence-corrected chi connectivity index (χ0v) is 25.8. The quantitative estimate of drug-likeness (QED) is 0.272. The Morgan fingerprint density at radius 2 is 1.55 bits per heavy atom. The summed E-state index contributed by atoms with van der Waals surface area (Å²) in [6.07, 6.45) is 2.14. The SMILES string of the molecule is CC[C@@H](C)NC(=O)[C@H](CC)N(Cc1cccc(OC)c1)C(=O)CN(c1ccc(OCc2ccccc2)cc1)S(C)(=O)=O. The van der Waals surface area contributed by atoms with Gasteiger partial charge in [-0.05, 0) is 67.3 Å². The highest BCUT2D eigenvalue weighted by Crippen LogP contribution is 2.24.